The molecule has 0 aliphatic carbocycles. The minimum Gasteiger partial charge on any atom is -0.490 e. The zero-order chi connectivity index (χ0) is 16.9. The van der Waals surface area contributed by atoms with Gasteiger partial charge in [0.25, 0.3) is 5.91 Å². The number of hydrogen-bond donors (Lipinski definition) is 1. The Kier molecular flexibility index (Phi) is 4.74. The molecule has 0 unspecified atom stereocenters. The van der Waals surface area contributed by atoms with Gasteiger partial charge in [-0.3, -0.25) is 14.2 Å². The summed E-state index contributed by atoms with van der Waals surface area (Å²) < 4.78 is 7.37. The number of nitrogens with zero attached hydrogens (tertiary/aromatic N) is 3. The summed E-state index contributed by atoms with van der Waals surface area (Å²) in [5.74, 6) is 0.543. The van der Waals surface area contributed by atoms with Crippen molar-refractivity contribution in [3.63, 3.8) is 0 Å². The van der Waals surface area contributed by atoms with E-state index in [4.69, 9.17) is 4.74 Å². The van der Waals surface area contributed by atoms with Crippen LogP contribution in [0, 0.1) is 6.92 Å². The summed E-state index contributed by atoms with van der Waals surface area (Å²) in [7, 11) is 0. The molecule has 0 aliphatic heterocycles. The number of carbonyl (C=O) groups is 1. The smallest absolute Gasteiger partial charge is 0.270 e. The summed E-state index contributed by atoms with van der Waals surface area (Å²) in [6.07, 6.45) is 6.09. The maximum Gasteiger partial charge on any atom is 0.270 e. The number of aromatic nitrogens is 3. The maximum absolute atomic E-state index is 12.6. The summed E-state index contributed by atoms with van der Waals surface area (Å²) in [5.41, 5.74) is 3.03. The first-order valence-corrected chi connectivity index (χ1v) is 7.98. The summed E-state index contributed by atoms with van der Waals surface area (Å²) in [4.78, 5) is 21.1. The van der Waals surface area contributed by atoms with Gasteiger partial charge in [0.15, 0.2) is 11.4 Å². The van der Waals surface area contributed by atoms with Crippen LogP contribution in [0.1, 0.15) is 28.7 Å². The number of nitrogens with one attached hydrogen (secondary N) is 1. The quantitative estimate of drug-likeness (QED) is 0.756. The van der Waals surface area contributed by atoms with Gasteiger partial charge >= 0.3 is 0 Å². The molecule has 0 radical (unpaired) electrons. The van der Waals surface area contributed by atoms with Crippen molar-refractivity contribution < 1.29 is 9.53 Å². The summed E-state index contributed by atoms with van der Waals surface area (Å²) in [6, 6.07) is 7.60. The summed E-state index contributed by atoms with van der Waals surface area (Å²) >= 11 is 0. The van der Waals surface area contributed by atoms with Crippen molar-refractivity contribution in [1.82, 2.24) is 19.7 Å². The third kappa shape index (κ3) is 3.22. The van der Waals surface area contributed by atoms with Gasteiger partial charge in [0.1, 0.15) is 5.69 Å². The van der Waals surface area contributed by atoms with E-state index in [1.165, 1.54) is 0 Å². The molecule has 3 aromatic heterocycles. The molecule has 0 spiro atoms. The number of fused-ring (bicyclic) bond motifs is 1. The second-order valence-corrected chi connectivity index (χ2v) is 5.41. The maximum atomic E-state index is 12.6. The molecule has 124 valence electrons. The van der Waals surface area contributed by atoms with Crippen molar-refractivity contribution >= 4 is 11.6 Å². The third-order valence-corrected chi connectivity index (χ3v) is 3.75. The average molecular weight is 324 g/mol. The SMILES string of the molecule is CCOc1cccn2c(C(=O)NCCc3ccncc3)c(C)nc12. The van der Waals surface area contributed by atoms with E-state index >= 15 is 0 Å². The topological polar surface area (TPSA) is 68.5 Å². The van der Waals surface area contributed by atoms with Crippen molar-refractivity contribution in [3.05, 3.63) is 59.8 Å². The zero-order valence-corrected chi connectivity index (χ0v) is 13.8. The molecule has 24 heavy (non-hydrogen) atoms. The lowest BCUT2D eigenvalue weighted by Crippen LogP contribution is -2.27. The molecule has 6 heteroatoms. The second kappa shape index (κ2) is 7.12. The molecule has 0 aromatic carbocycles. The molecule has 0 saturated heterocycles. The molecule has 3 aromatic rings. The Labute approximate surface area is 140 Å². The van der Waals surface area contributed by atoms with Crippen LogP contribution in [0.15, 0.2) is 42.9 Å². The number of hydrogen-bond acceptors (Lipinski definition) is 4. The first-order valence-electron chi connectivity index (χ1n) is 7.98. The Morgan fingerprint density at radius 3 is 2.83 bits per heavy atom. The number of carbonyl (C=O) groups excluding carboxylic acids is 1. The highest BCUT2D eigenvalue weighted by Gasteiger charge is 2.18. The van der Waals surface area contributed by atoms with Gasteiger partial charge in [-0.1, -0.05) is 0 Å². The van der Waals surface area contributed by atoms with Crippen molar-refractivity contribution in [3.8, 4) is 5.75 Å². The van der Waals surface area contributed by atoms with E-state index < -0.39 is 0 Å². The predicted octanol–water partition coefficient (Wildman–Crippen LogP) is 2.41. The van der Waals surface area contributed by atoms with E-state index in [0.717, 1.165) is 12.0 Å². The number of imidazole rings is 1. The van der Waals surface area contributed by atoms with E-state index in [9.17, 15) is 4.79 Å². The lowest BCUT2D eigenvalue weighted by atomic mass is 10.2. The molecule has 1 N–H and O–H groups in total. The highest BCUT2D eigenvalue weighted by atomic mass is 16.5. The molecule has 6 nitrogen and oxygen atoms in total. The molecule has 3 rings (SSSR count). The lowest BCUT2D eigenvalue weighted by molar-refractivity contribution is 0.0947. The van der Waals surface area contributed by atoms with Crippen LogP contribution in [0.2, 0.25) is 0 Å². The fourth-order valence-electron chi connectivity index (χ4n) is 2.65. The van der Waals surface area contributed by atoms with Gasteiger partial charge < -0.3 is 10.1 Å². The van der Waals surface area contributed by atoms with Crippen LogP contribution in [-0.2, 0) is 6.42 Å². The number of rotatable bonds is 6. The molecular weight excluding hydrogens is 304 g/mol. The Morgan fingerprint density at radius 1 is 1.29 bits per heavy atom. The van der Waals surface area contributed by atoms with Crippen molar-refractivity contribution in [2.24, 2.45) is 0 Å². The molecule has 3 heterocycles. The Hall–Kier alpha value is -2.89. The van der Waals surface area contributed by atoms with Gasteiger partial charge in [-0.25, -0.2) is 4.98 Å². The largest absolute Gasteiger partial charge is 0.490 e. The van der Waals surface area contributed by atoms with Crippen molar-refractivity contribution in [1.29, 1.82) is 0 Å². The Balaban J connectivity index is 1.77. The van der Waals surface area contributed by atoms with Crippen LogP contribution in [-0.4, -0.2) is 33.4 Å². The normalized spacial score (nSPS) is 10.8. The third-order valence-electron chi connectivity index (χ3n) is 3.75. The van der Waals surface area contributed by atoms with E-state index in [1.54, 1.807) is 16.8 Å². The van der Waals surface area contributed by atoms with Crippen LogP contribution in [0.4, 0.5) is 0 Å². The predicted molar refractivity (Wildman–Crippen MR) is 91.4 cm³/mol. The lowest BCUT2D eigenvalue weighted by Gasteiger charge is -2.07. The van der Waals surface area contributed by atoms with Gasteiger partial charge in [-0.05, 0) is 50.1 Å². The number of amides is 1. The number of pyridine rings is 2. The summed E-state index contributed by atoms with van der Waals surface area (Å²) in [6.45, 7) is 4.87. The van der Waals surface area contributed by atoms with Gasteiger partial charge in [0.05, 0.1) is 12.3 Å². The molecule has 0 bridgehead atoms. The molecule has 0 fully saturated rings. The highest BCUT2D eigenvalue weighted by molar-refractivity contribution is 5.95. The van der Waals surface area contributed by atoms with Crippen LogP contribution in [0.3, 0.4) is 0 Å². The van der Waals surface area contributed by atoms with E-state index in [2.05, 4.69) is 15.3 Å². The van der Waals surface area contributed by atoms with Gasteiger partial charge in [-0.2, -0.15) is 0 Å². The number of aryl methyl sites for hydroxylation is 1. The van der Waals surface area contributed by atoms with Gasteiger partial charge in [-0.15, -0.1) is 0 Å². The van der Waals surface area contributed by atoms with Gasteiger partial charge in [0.2, 0.25) is 0 Å². The Bertz CT molecular complexity index is 843. The zero-order valence-electron chi connectivity index (χ0n) is 13.8. The molecule has 1 amide bonds. The van der Waals surface area contributed by atoms with E-state index in [0.29, 0.717) is 35.9 Å². The monoisotopic (exact) mass is 324 g/mol. The van der Waals surface area contributed by atoms with Crippen LogP contribution < -0.4 is 10.1 Å². The van der Waals surface area contributed by atoms with E-state index in [1.807, 2.05) is 44.3 Å². The minimum absolute atomic E-state index is 0.136. The van der Waals surface area contributed by atoms with Crippen LogP contribution in [0.5, 0.6) is 5.75 Å². The van der Waals surface area contributed by atoms with Gasteiger partial charge in [0, 0.05) is 25.1 Å². The minimum atomic E-state index is -0.136. The molecule has 0 aliphatic rings. The second-order valence-electron chi connectivity index (χ2n) is 5.41. The first-order chi connectivity index (χ1) is 11.7. The van der Waals surface area contributed by atoms with Crippen molar-refractivity contribution in [2.45, 2.75) is 20.3 Å². The number of ether oxygens (including phenoxy) is 1. The Morgan fingerprint density at radius 2 is 2.08 bits per heavy atom. The first kappa shape index (κ1) is 16.0. The highest BCUT2D eigenvalue weighted by Crippen LogP contribution is 2.21. The molecular formula is C18H20N4O2. The average Bonchev–Trinajstić information content (AvgIpc) is 2.93. The van der Waals surface area contributed by atoms with Crippen LogP contribution in [0.25, 0.3) is 5.65 Å². The fourth-order valence-corrected chi connectivity index (χ4v) is 2.65. The fraction of sp³-hybridized carbons (Fsp3) is 0.278. The summed E-state index contributed by atoms with van der Waals surface area (Å²) in [5, 5.41) is 2.96. The van der Waals surface area contributed by atoms with E-state index in [-0.39, 0.29) is 5.91 Å². The van der Waals surface area contributed by atoms with Crippen molar-refractivity contribution in [2.75, 3.05) is 13.2 Å². The molecule has 0 atom stereocenters. The standard InChI is InChI=1S/C18H20N4O2/c1-3-24-15-5-4-12-22-16(13(2)21-17(15)22)18(23)20-11-8-14-6-9-19-10-7-14/h4-7,9-10,12H,3,8,11H2,1-2H3,(H,20,23). The molecule has 0 saturated carbocycles. The van der Waals surface area contributed by atoms with Crippen LogP contribution >= 0.6 is 0 Å².